The van der Waals surface area contributed by atoms with Gasteiger partial charge in [-0.3, -0.25) is 14.5 Å². The molecule has 1 amide bonds. The Balaban J connectivity index is 1.84. The van der Waals surface area contributed by atoms with Crippen LogP contribution in [0.5, 0.6) is 5.75 Å². The lowest BCUT2D eigenvalue weighted by Gasteiger charge is -2.23. The molecule has 4 rings (SSSR count). The predicted octanol–water partition coefficient (Wildman–Crippen LogP) is 5.31. The van der Waals surface area contributed by atoms with Gasteiger partial charge >= 0.3 is 0 Å². The summed E-state index contributed by atoms with van der Waals surface area (Å²) in [6.07, 6.45) is 0.0106. The average Bonchev–Trinajstić information content (AvgIpc) is 3.29. The highest BCUT2D eigenvalue weighted by molar-refractivity contribution is 6.51. The zero-order valence-electron chi connectivity index (χ0n) is 18.5. The Kier molecular flexibility index (Phi) is 5.61. The molecule has 0 radical (unpaired) electrons. The van der Waals surface area contributed by atoms with Gasteiger partial charge in [0.15, 0.2) is 0 Å². The summed E-state index contributed by atoms with van der Waals surface area (Å²) in [4.78, 5) is 27.5. The molecule has 32 heavy (non-hydrogen) atoms. The summed E-state index contributed by atoms with van der Waals surface area (Å²) in [7, 11) is 0. The number of ether oxygens (including phenoxy) is 1. The first kappa shape index (κ1) is 21.4. The van der Waals surface area contributed by atoms with Gasteiger partial charge in [-0.1, -0.05) is 17.7 Å². The normalized spacial score (nSPS) is 17.9. The number of carbonyl (C=O) groups is 2. The third-order valence-electron chi connectivity index (χ3n) is 5.29. The van der Waals surface area contributed by atoms with Crippen molar-refractivity contribution in [3.63, 3.8) is 0 Å². The van der Waals surface area contributed by atoms with Gasteiger partial charge in [-0.25, -0.2) is 0 Å². The van der Waals surface area contributed by atoms with Crippen LogP contribution in [0.15, 0.2) is 70.7 Å². The Hall–Kier alpha value is -3.80. The van der Waals surface area contributed by atoms with E-state index in [1.165, 1.54) is 4.90 Å². The lowest BCUT2D eigenvalue weighted by molar-refractivity contribution is -0.132. The fourth-order valence-corrected chi connectivity index (χ4v) is 3.79. The number of furan rings is 1. The zero-order valence-corrected chi connectivity index (χ0v) is 18.5. The van der Waals surface area contributed by atoms with Gasteiger partial charge in [0.2, 0.25) is 0 Å². The SMILES string of the molecule is Cc1ccc(N2C(=O)C(=O)/C(=C(\O)c3ccc(OC(C)C)cc3)C2c2ccc(C)o2)cc1. The van der Waals surface area contributed by atoms with Crippen molar-refractivity contribution < 1.29 is 23.8 Å². The van der Waals surface area contributed by atoms with E-state index in [0.717, 1.165) is 5.56 Å². The zero-order chi connectivity index (χ0) is 23.0. The van der Waals surface area contributed by atoms with E-state index in [2.05, 4.69) is 0 Å². The van der Waals surface area contributed by atoms with Gasteiger partial charge < -0.3 is 14.3 Å². The molecule has 2 heterocycles. The molecular weight excluding hydrogens is 406 g/mol. The molecule has 6 heteroatoms. The maximum atomic E-state index is 13.1. The molecule has 0 saturated carbocycles. The Morgan fingerprint density at radius 1 is 0.969 bits per heavy atom. The summed E-state index contributed by atoms with van der Waals surface area (Å²) >= 11 is 0. The molecule has 1 saturated heterocycles. The van der Waals surface area contributed by atoms with E-state index < -0.39 is 17.7 Å². The molecule has 1 atom stereocenters. The number of aliphatic hydroxyl groups is 1. The monoisotopic (exact) mass is 431 g/mol. The van der Waals surface area contributed by atoms with Crippen molar-refractivity contribution in [2.45, 2.75) is 39.8 Å². The van der Waals surface area contributed by atoms with Crippen molar-refractivity contribution in [1.82, 2.24) is 0 Å². The molecule has 164 valence electrons. The van der Waals surface area contributed by atoms with Gasteiger partial charge in [0, 0.05) is 11.3 Å². The van der Waals surface area contributed by atoms with E-state index >= 15 is 0 Å². The second-order valence-corrected chi connectivity index (χ2v) is 8.14. The van der Waals surface area contributed by atoms with Gasteiger partial charge in [0.1, 0.15) is 29.1 Å². The van der Waals surface area contributed by atoms with Crippen LogP contribution in [0, 0.1) is 13.8 Å². The Morgan fingerprint density at radius 2 is 1.62 bits per heavy atom. The Morgan fingerprint density at radius 3 is 2.19 bits per heavy atom. The summed E-state index contributed by atoms with van der Waals surface area (Å²) in [5, 5.41) is 11.1. The number of aryl methyl sites for hydroxylation is 2. The largest absolute Gasteiger partial charge is 0.507 e. The van der Waals surface area contributed by atoms with E-state index in [0.29, 0.717) is 28.5 Å². The summed E-state index contributed by atoms with van der Waals surface area (Å²) < 4.78 is 11.5. The molecule has 1 unspecified atom stereocenters. The van der Waals surface area contributed by atoms with E-state index in [1.807, 2.05) is 32.9 Å². The minimum absolute atomic E-state index is 0.0106. The smallest absolute Gasteiger partial charge is 0.300 e. The van der Waals surface area contributed by atoms with Gasteiger partial charge in [0.25, 0.3) is 11.7 Å². The molecule has 1 aliphatic rings. The highest BCUT2D eigenvalue weighted by Gasteiger charge is 2.48. The van der Waals surface area contributed by atoms with Crippen LogP contribution in [0.4, 0.5) is 5.69 Å². The lowest BCUT2D eigenvalue weighted by atomic mass is 9.99. The van der Waals surface area contributed by atoms with Crippen LogP contribution in [0.2, 0.25) is 0 Å². The van der Waals surface area contributed by atoms with E-state index in [4.69, 9.17) is 9.15 Å². The maximum Gasteiger partial charge on any atom is 0.300 e. The lowest BCUT2D eigenvalue weighted by Crippen LogP contribution is -2.29. The van der Waals surface area contributed by atoms with Crippen LogP contribution >= 0.6 is 0 Å². The first-order valence-electron chi connectivity index (χ1n) is 10.5. The summed E-state index contributed by atoms with van der Waals surface area (Å²) in [5.74, 6) is -0.0323. The number of rotatable bonds is 5. The van der Waals surface area contributed by atoms with Gasteiger partial charge in [-0.2, -0.15) is 0 Å². The third kappa shape index (κ3) is 3.91. The molecule has 1 N–H and O–H groups in total. The van der Waals surface area contributed by atoms with Crippen molar-refractivity contribution in [1.29, 1.82) is 0 Å². The number of Topliss-reactive ketones (excluding diaryl/α,β-unsaturated/α-hetero) is 1. The van der Waals surface area contributed by atoms with E-state index in [-0.39, 0.29) is 17.4 Å². The highest BCUT2D eigenvalue weighted by atomic mass is 16.5. The van der Waals surface area contributed by atoms with Crippen LogP contribution in [0.25, 0.3) is 5.76 Å². The van der Waals surface area contributed by atoms with Gasteiger partial charge in [-0.15, -0.1) is 0 Å². The molecule has 3 aromatic rings. The first-order valence-corrected chi connectivity index (χ1v) is 10.5. The Labute approximate surface area is 186 Å². The topological polar surface area (TPSA) is 80.0 Å². The molecule has 6 nitrogen and oxygen atoms in total. The number of carbonyl (C=O) groups excluding carboxylic acids is 2. The number of nitrogens with zero attached hydrogens (tertiary/aromatic N) is 1. The van der Waals surface area contributed by atoms with E-state index in [1.54, 1.807) is 55.5 Å². The quantitative estimate of drug-likeness (QED) is 0.336. The van der Waals surface area contributed by atoms with Crippen molar-refractivity contribution >= 4 is 23.1 Å². The van der Waals surface area contributed by atoms with Crippen molar-refractivity contribution in [3.05, 3.63) is 88.9 Å². The fraction of sp³-hybridized carbons (Fsp3) is 0.231. The summed E-state index contributed by atoms with van der Waals surface area (Å²) in [5.41, 5.74) is 1.98. The van der Waals surface area contributed by atoms with E-state index in [9.17, 15) is 14.7 Å². The number of aliphatic hydroxyl groups excluding tert-OH is 1. The molecule has 0 bridgehead atoms. The maximum absolute atomic E-state index is 13.1. The summed E-state index contributed by atoms with van der Waals surface area (Å²) in [6.45, 7) is 7.57. The van der Waals surface area contributed by atoms with Crippen LogP contribution in [0.1, 0.15) is 42.5 Å². The van der Waals surface area contributed by atoms with Crippen molar-refractivity contribution in [3.8, 4) is 5.75 Å². The standard InChI is InChI=1S/C26H25NO5/c1-15(2)31-20-12-8-18(9-13-20)24(28)22-23(21-14-7-17(4)32-21)27(26(30)25(22)29)19-10-5-16(3)6-11-19/h5-15,23,28H,1-4H3/b24-22-. The number of hydrogen-bond donors (Lipinski definition) is 1. The number of benzene rings is 2. The van der Waals surface area contributed by atoms with Crippen LogP contribution in [-0.4, -0.2) is 22.9 Å². The van der Waals surface area contributed by atoms with Crippen LogP contribution in [0.3, 0.4) is 0 Å². The van der Waals surface area contributed by atoms with Gasteiger partial charge in [0.05, 0.1) is 11.7 Å². The van der Waals surface area contributed by atoms with Crippen molar-refractivity contribution in [2.24, 2.45) is 0 Å². The number of ketones is 1. The molecule has 1 aromatic heterocycles. The minimum atomic E-state index is -0.877. The molecule has 0 aliphatic carbocycles. The minimum Gasteiger partial charge on any atom is -0.507 e. The molecule has 1 fully saturated rings. The molecule has 2 aromatic carbocycles. The summed E-state index contributed by atoms with van der Waals surface area (Å²) in [6, 6.07) is 16.7. The molecular formula is C26H25NO5. The van der Waals surface area contributed by atoms with Crippen LogP contribution in [-0.2, 0) is 9.59 Å². The molecule has 0 spiro atoms. The molecule has 1 aliphatic heterocycles. The number of amides is 1. The fourth-order valence-electron chi connectivity index (χ4n) is 3.79. The third-order valence-corrected chi connectivity index (χ3v) is 5.29. The number of hydrogen-bond acceptors (Lipinski definition) is 5. The Bertz CT molecular complexity index is 1190. The average molecular weight is 431 g/mol. The van der Waals surface area contributed by atoms with Gasteiger partial charge in [-0.05, 0) is 76.2 Å². The second kappa shape index (κ2) is 8.38. The number of anilines is 1. The predicted molar refractivity (Wildman–Crippen MR) is 122 cm³/mol. The van der Waals surface area contributed by atoms with Crippen LogP contribution < -0.4 is 9.64 Å². The second-order valence-electron chi connectivity index (χ2n) is 8.14. The highest BCUT2D eigenvalue weighted by Crippen LogP contribution is 2.42. The first-order chi connectivity index (χ1) is 15.3. The van der Waals surface area contributed by atoms with Crippen molar-refractivity contribution in [2.75, 3.05) is 4.90 Å².